The van der Waals surface area contributed by atoms with E-state index in [1.165, 1.54) is 45.5 Å². The van der Waals surface area contributed by atoms with Crippen molar-refractivity contribution < 1.29 is 31.4 Å². The molecule has 0 spiro atoms. The molecule has 0 aromatic heterocycles. The normalized spacial score (nSPS) is 23.2. The molecule has 0 saturated carbocycles. The summed E-state index contributed by atoms with van der Waals surface area (Å²) in [5, 5.41) is 11.4. The lowest BCUT2D eigenvalue weighted by Crippen LogP contribution is -2.53. The number of hydrazine groups is 1. The van der Waals surface area contributed by atoms with Gasteiger partial charge in [-0.2, -0.15) is 0 Å². The zero-order valence-corrected chi connectivity index (χ0v) is 16.0. The van der Waals surface area contributed by atoms with Crippen LogP contribution in [0.15, 0.2) is 23.1 Å². The summed E-state index contributed by atoms with van der Waals surface area (Å²) < 4.78 is 61.1. The highest BCUT2D eigenvalue weighted by atomic mass is 32.2. The summed E-state index contributed by atoms with van der Waals surface area (Å²) in [6.07, 6.45) is -1.32. The van der Waals surface area contributed by atoms with Gasteiger partial charge < -0.3 is 14.6 Å². The number of hydrogen-bond acceptors (Lipinski definition) is 8. The molecule has 1 heterocycles. The summed E-state index contributed by atoms with van der Waals surface area (Å²) in [7, 11) is -2.10. The van der Waals surface area contributed by atoms with E-state index in [-0.39, 0.29) is 10.6 Å². The van der Waals surface area contributed by atoms with E-state index in [4.69, 9.17) is 9.47 Å². The highest BCUT2D eigenvalue weighted by Crippen LogP contribution is 2.33. The number of rotatable bonds is 6. The summed E-state index contributed by atoms with van der Waals surface area (Å²) in [5.74, 6) is -0.550. The molecule has 1 N–H and O–H groups in total. The van der Waals surface area contributed by atoms with Gasteiger partial charge in [-0.1, -0.05) is 0 Å². The Balaban J connectivity index is 2.58. The van der Waals surface area contributed by atoms with Gasteiger partial charge in [0.1, 0.15) is 16.4 Å². The topological polar surface area (TPSA) is 113 Å². The van der Waals surface area contributed by atoms with Crippen LogP contribution in [-0.2, 0) is 19.9 Å². The van der Waals surface area contributed by atoms with Crippen LogP contribution >= 0.6 is 0 Å². The van der Waals surface area contributed by atoms with E-state index >= 15 is 0 Å². The van der Waals surface area contributed by atoms with Gasteiger partial charge in [0.15, 0.2) is 9.84 Å². The van der Waals surface area contributed by atoms with Crippen molar-refractivity contribution in [3.63, 3.8) is 0 Å². The van der Waals surface area contributed by atoms with E-state index in [0.29, 0.717) is 5.75 Å². The van der Waals surface area contributed by atoms with Gasteiger partial charge in [-0.25, -0.2) is 21.8 Å². The third kappa shape index (κ3) is 3.90. The number of benzene rings is 1. The number of nitrogens with zero attached hydrogens (tertiary/aromatic N) is 2. The first-order valence-corrected chi connectivity index (χ1v) is 10.6. The molecule has 0 bridgehead atoms. The summed E-state index contributed by atoms with van der Waals surface area (Å²) in [6.45, 7) is 0. The Hall–Kier alpha value is -1.40. The van der Waals surface area contributed by atoms with E-state index in [1.54, 1.807) is 6.07 Å². The lowest BCUT2D eigenvalue weighted by molar-refractivity contribution is 0.0270. The van der Waals surface area contributed by atoms with Gasteiger partial charge in [0.2, 0.25) is 0 Å². The number of hydrogen-bond donors (Lipinski definition) is 1. The average molecular weight is 394 g/mol. The molecule has 2 atom stereocenters. The molecular weight excluding hydrogens is 372 g/mol. The zero-order chi connectivity index (χ0) is 19.0. The van der Waals surface area contributed by atoms with Gasteiger partial charge in [0.25, 0.3) is 10.0 Å². The van der Waals surface area contributed by atoms with Gasteiger partial charge in [0, 0.05) is 20.2 Å². The molecule has 0 amide bonds. The highest BCUT2D eigenvalue weighted by molar-refractivity contribution is 7.92. The summed E-state index contributed by atoms with van der Waals surface area (Å²) in [6, 6.07) is 3.16. The standard InChI is InChI=1S/C14H22N2O7S2/c1-15(2)16(11-8-24(18,19)9-12(11)17)25(20,21)14-7-10(22-3)5-6-13(14)23-4/h5-7,11-12,17H,8-9H2,1-4H3/t11-,12+/m1/s1. The number of methoxy groups -OCH3 is 2. The average Bonchev–Trinajstić information content (AvgIpc) is 2.78. The van der Waals surface area contributed by atoms with Crippen molar-refractivity contribution >= 4 is 19.9 Å². The minimum Gasteiger partial charge on any atom is -0.497 e. The molecule has 142 valence electrons. The highest BCUT2D eigenvalue weighted by Gasteiger charge is 2.46. The van der Waals surface area contributed by atoms with E-state index in [0.717, 1.165) is 4.41 Å². The van der Waals surface area contributed by atoms with Crippen LogP contribution in [0, 0.1) is 0 Å². The van der Waals surface area contributed by atoms with Gasteiger partial charge >= 0.3 is 0 Å². The minimum absolute atomic E-state index is 0.0861. The van der Waals surface area contributed by atoms with Crippen molar-refractivity contribution in [1.82, 2.24) is 9.42 Å². The first kappa shape index (κ1) is 19.9. The molecule has 2 rings (SSSR count). The molecule has 11 heteroatoms. The fourth-order valence-electron chi connectivity index (χ4n) is 2.80. The van der Waals surface area contributed by atoms with Crippen LogP contribution in [0.5, 0.6) is 11.5 Å². The van der Waals surface area contributed by atoms with Crippen LogP contribution in [-0.4, -0.2) is 83.3 Å². The molecule has 1 aromatic rings. The number of sulfone groups is 1. The molecule has 1 saturated heterocycles. The lowest BCUT2D eigenvalue weighted by Gasteiger charge is -2.34. The predicted molar refractivity (Wildman–Crippen MR) is 90.7 cm³/mol. The molecule has 1 aromatic carbocycles. The molecule has 0 aliphatic carbocycles. The Morgan fingerprint density at radius 1 is 1.16 bits per heavy atom. The number of ether oxygens (including phenoxy) is 2. The zero-order valence-electron chi connectivity index (χ0n) is 14.4. The van der Waals surface area contributed by atoms with Crippen molar-refractivity contribution in [2.45, 2.75) is 17.0 Å². The number of aliphatic hydroxyl groups excluding tert-OH is 1. The van der Waals surface area contributed by atoms with Gasteiger partial charge in [-0.15, -0.1) is 4.41 Å². The maximum absolute atomic E-state index is 13.2. The number of aliphatic hydroxyl groups is 1. The molecule has 1 aliphatic heterocycles. The maximum atomic E-state index is 13.2. The molecule has 1 fully saturated rings. The minimum atomic E-state index is -4.21. The summed E-state index contributed by atoms with van der Waals surface area (Å²) in [4.78, 5) is -0.181. The second-order valence-electron chi connectivity index (χ2n) is 5.85. The fraction of sp³-hybridized carbons (Fsp3) is 0.571. The Bertz CT molecular complexity index is 837. The van der Waals surface area contributed by atoms with Crippen LogP contribution in [0.3, 0.4) is 0 Å². The third-order valence-corrected chi connectivity index (χ3v) is 7.53. The Morgan fingerprint density at radius 3 is 2.24 bits per heavy atom. The van der Waals surface area contributed by atoms with Gasteiger partial charge in [0.05, 0.1) is 37.9 Å². The molecular formula is C14H22N2O7S2. The van der Waals surface area contributed by atoms with E-state index < -0.39 is 43.5 Å². The second kappa shape index (κ2) is 7.08. The molecule has 9 nitrogen and oxygen atoms in total. The number of sulfonamides is 1. The van der Waals surface area contributed by atoms with E-state index in [1.807, 2.05) is 0 Å². The molecule has 0 unspecified atom stereocenters. The van der Waals surface area contributed by atoms with Gasteiger partial charge in [-0.3, -0.25) is 0 Å². The molecule has 0 radical (unpaired) electrons. The second-order valence-corrected chi connectivity index (χ2v) is 9.77. The van der Waals surface area contributed by atoms with Crippen molar-refractivity contribution in [3.05, 3.63) is 18.2 Å². The third-order valence-electron chi connectivity index (χ3n) is 3.87. The Labute approximate surface area is 147 Å². The Morgan fingerprint density at radius 2 is 1.80 bits per heavy atom. The van der Waals surface area contributed by atoms with Crippen LogP contribution in [0.2, 0.25) is 0 Å². The summed E-state index contributed by atoms with van der Waals surface area (Å²) >= 11 is 0. The monoisotopic (exact) mass is 394 g/mol. The first-order chi connectivity index (χ1) is 11.5. The smallest absolute Gasteiger partial charge is 0.260 e. The van der Waals surface area contributed by atoms with Crippen LogP contribution in [0.25, 0.3) is 0 Å². The molecule has 25 heavy (non-hydrogen) atoms. The van der Waals surface area contributed by atoms with Gasteiger partial charge in [-0.05, 0) is 12.1 Å². The van der Waals surface area contributed by atoms with E-state index in [2.05, 4.69) is 0 Å². The first-order valence-electron chi connectivity index (χ1n) is 7.35. The van der Waals surface area contributed by atoms with Crippen molar-refractivity contribution in [2.75, 3.05) is 39.8 Å². The van der Waals surface area contributed by atoms with E-state index in [9.17, 15) is 21.9 Å². The largest absolute Gasteiger partial charge is 0.497 e. The fourth-order valence-corrected chi connectivity index (χ4v) is 6.53. The SMILES string of the molecule is COc1ccc(OC)c(S(=O)(=O)N([C@@H]2CS(=O)(=O)C[C@@H]2O)N(C)C)c1. The molecule has 1 aliphatic rings. The Kier molecular flexibility index (Phi) is 5.64. The van der Waals surface area contributed by atoms with Crippen LogP contribution in [0.4, 0.5) is 0 Å². The quantitative estimate of drug-likeness (QED) is 0.632. The van der Waals surface area contributed by atoms with Crippen molar-refractivity contribution in [1.29, 1.82) is 0 Å². The van der Waals surface area contributed by atoms with Crippen LogP contribution < -0.4 is 9.47 Å². The lowest BCUT2D eigenvalue weighted by atomic mass is 10.2. The maximum Gasteiger partial charge on any atom is 0.260 e. The van der Waals surface area contributed by atoms with Crippen LogP contribution in [0.1, 0.15) is 0 Å². The van der Waals surface area contributed by atoms with Crippen molar-refractivity contribution in [3.8, 4) is 11.5 Å². The van der Waals surface area contributed by atoms with Crippen molar-refractivity contribution in [2.24, 2.45) is 0 Å². The summed E-state index contributed by atoms with van der Waals surface area (Å²) in [5.41, 5.74) is 0. The predicted octanol–water partition coefficient (Wildman–Crippen LogP) is -0.671.